The van der Waals surface area contributed by atoms with Gasteiger partial charge in [-0.15, -0.1) is 5.10 Å². The molecule has 2 aromatic carbocycles. The number of carbonyl (C=O) groups is 2. The van der Waals surface area contributed by atoms with E-state index in [1.54, 1.807) is 53.1 Å². The van der Waals surface area contributed by atoms with Crippen LogP contribution in [0, 0.1) is 5.41 Å². The predicted octanol–water partition coefficient (Wildman–Crippen LogP) is 5.16. The summed E-state index contributed by atoms with van der Waals surface area (Å²) in [6.45, 7) is 3.00. The number of imidazole rings is 1. The van der Waals surface area contributed by atoms with Gasteiger partial charge in [-0.3, -0.25) is 14.4 Å². The smallest absolute Gasteiger partial charge is 0.309 e. The van der Waals surface area contributed by atoms with Gasteiger partial charge in [0.05, 0.1) is 22.8 Å². The number of tetrazole rings is 1. The third-order valence-corrected chi connectivity index (χ3v) is 8.14. The van der Waals surface area contributed by atoms with Gasteiger partial charge in [0.2, 0.25) is 5.91 Å². The van der Waals surface area contributed by atoms with Crippen LogP contribution in [-0.2, 0) is 16.0 Å². The summed E-state index contributed by atoms with van der Waals surface area (Å²) in [7, 11) is 0. The van der Waals surface area contributed by atoms with Crippen molar-refractivity contribution >= 4 is 40.8 Å². The largest absolute Gasteiger partial charge is 0.481 e. The second-order valence-corrected chi connectivity index (χ2v) is 12.0. The molecular weight excluding hydrogens is 607 g/mol. The molecule has 0 unspecified atom stereocenters. The number of rotatable bonds is 8. The highest BCUT2D eigenvalue weighted by Crippen LogP contribution is 2.36. The minimum absolute atomic E-state index is 0.164. The molecule has 224 valence electrons. The average molecular weight is 633 g/mol. The van der Waals surface area contributed by atoms with E-state index < -0.39 is 17.3 Å². The van der Waals surface area contributed by atoms with Gasteiger partial charge in [-0.25, -0.2) is 4.98 Å². The third kappa shape index (κ3) is 5.61. The zero-order chi connectivity index (χ0) is 31.2. The summed E-state index contributed by atoms with van der Waals surface area (Å²) in [4.78, 5) is 45.1. The molecule has 0 saturated carbocycles. The molecular formula is C30H26Cl2N8O4. The standard InChI is InChI=1S/C30H26Cl2N8O4/c1-30(2,29(43)44)14-24(41)34-19-6-3-16(4-7-19)26-27(32)36-28(35-26)23-10-8-20-11-17(12-25(42)40(20)23)21-13-18(31)5-9-22(21)39-15-33-37-38-39/h3-7,9,11-13,15,23H,8,10,14H2,1-2H3,(H,34,41)(H,35,36)(H,43,44)/t23-/m0/s1. The highest BCUT2D eigenvalue weighted by Gasteiger charge is 2.31. The van der Waals surface area contributed by atoms with Crippen molar-refractivity contribution in [1.29, 1.82) is 0 Å². The van der Waals surface area contributed by atoms with E-state index in [0.717, 1.165) is 16.8 Å². The van der Waals surface area contributed by atoms with Gasteiger partial charge in [-0.05, 0) is 79.1 Å². The number of aryl methyl sites for hydroxylation is 1. The topological polar surface area (TPSA) is 161 Å². The number of nitrogens with zero attached hydrogens (tertiary/aromatic N) is 6. The van der Waals surface area contributed by atoms with Crippen LogP contribution in [0.25, 0.3) is 28.1 Å². The Labute approximate surface area is 260 Å². The zero-order valence-corrected chi connectivity index (χ0v) is 25.1. The van der Waals surface area contributed by atoms with E-state index in [9.17, 15) is 19.5 Å². The lowest BCUT2D eigenvalue weighted by atomic mass is 9.89. The first kappa shape index (κ1) is 29.3. The predicted molar refractivity (Wildman–Crippen MR) is 164 cm³/mol. The molecule has 1 aliphatic rings. The van der Waals surface area contributed by atoms with E-state index in [2.05, 4.69) is 30.8 Å². The number of carbonyl (C=O) groups excluding carboxylic acids is 1. The van der Waals surface area contributed by atoms with Crippen molar-refractivity contribution in [2.45, 2.75) is 39.2 Å². The molecule has 5 aromatic rings. The zero-order valence-electron chi connectivity index (χ0n) is 23.6. The number of anilines is 1. The summed E-state index contributed by atoms with van der Waals surface area (Å²) in [6, 6.07) is 15.5. The number of carboxylic acid groups (broad SMARTS) is 1. The molecule has 44 heavy (non-hydrogen) atoms. The number of hydrogen-bond donors (Lipinski definition) is 3. The number of carboxylic acids is 1. The van der Waals surface area contributed by atoms with Crippen LogP contribution < -0.4 is 10.9 Å². The Hall–Kier alpha value is -4.81. The van der Waals surface area contributed by atoms with Gasteiger partial charge in [0.1, 0.15) is 12.2 Å². The van der Waals surface area contributed by atoms with Crippen LogP contribution >= 0.6 is 23.2 Å². The number of pyridine rings is 1. The van der Waals surface area contributed by atoms with Crippen molar-refractivity contribution in [3.05, 3.63) is 93.0 Å². The maximum absolute atomic E-state index is 13.5. The first-order valence-corrected chi connectivity index (χ1v) is 14.4. The highest BCUT2D eigenvalue weighted by atomic mass is 35.5. The number of H-pyrrole nitrogens is 1. The molecule has 0 aliphatic carbocycles. The highest BCUT2D eigenvalue weighted by molar-refractivity contribution is 6.32. The second-order valence-electron chi connectivity index (χ2n) is 11.2. The van der Waals surface area contributed by atoms with Gasteiger partial charge in [0.15, 0.2) is 5.15 Å². The molecule has 1 amide bonds. The van der Waals surface area contributed by atoms with Crippen LogP contribution in [0.4, 0.5) is 5.69 Å². The number of aromatic nitrogens is 7. The summed E-state index contributed by atoms with van der Waals surface area (Å²) in [5, 5.41) is 24.2. The lowest BCUT2D eigenvalue weighted by Gasteiger charge is -2.18. The Kier molecular flexibility index (Phi) is 7.56. The molecule has 0 fully saturated rings. The van der Waals surface area contributed by atoms with Gasteiger partial charge in [-0.1, -0.05) is 35.3 Å². The van der Waals surface area contributed by atoms with Gasteiger partial charge in [0.25, 0.3) is 5.56 Å². The van der Waals surface area contributed by atoms with E-state index in [0.29, 0.717) is 46.3 Å². The summed E-state index contributed by atoms with van der Waals surface area (Å²) >= 11 is 12.9. The first-order valence-electron chi connectivity index (χ1n) is 13.7. The fourth-order valence-corrected chi connectivity index (χ4v) is 5.76. The van der Waals surface area contributed by atoms with Crippen molar-refractivity contribution in [2.24, 2.45) is 5.41 Å². The van der Waals surface area contributed by atoms with E-state index in [1.165, 1.54) is 24.9 Å². The number of aliphatic carboxylic acids is 1. The van der Waals surface area contributed by atoms with Crippen molar-refractivity contribution in [1.82, 2.24) is 34.7 Å². The van der Waals surface area contributed by atoms with E-state index in [4.69, 9.17) is 23.2 Å². The SMILES string of the molecule is CC(C)(CC(=O)Nc1ccc(-c2[nH]c([C@@H]3CCc4cc(-c5cc(Cl)ccc5-n5cnnn5)cc(=O)n43)nc2Cl)cc1)C(=O)O. The molecule has 12 nitrogen and oxygen atoms in total. The molecule has 1 atom stereocenters. The normalized spacial score (nSPS) is 14.4. The first-order chi connectivity index (χ1) is 21.0. The Bertz CT molecular complexity index is 1950. The molecule has 0 spiro atoms. The van der Waals surface area contributed by atoms with Crippen LogP contribution in [0.15, 0.2) is 65.7 Å². The minimum Gasteiger partial charge on any atom is -0.481 e. The van der Waals surface area contributed by atoms with E-state index in [1.807, 2.05) is 6.07 Å². The maximum atomic E-state index is 13.5. The quantitative estimate of drug-likeness (QED) is 0.211. The average Bonchev–Trinajstić information content (AvgIpc) is 3.73. The Balaban J connectivity index is 1.25. The fourth-order valence-electron chi connectivity index (χ4n) is 5.34. The van der Waals surface area contributed by atoms with Crippen LogP contribution in [0.5, 0.6) is 0 Å². The van der Waals surface area contributed by atoms with Crippen molar-refractivity contribution in [3.8, 4) is 28.1 Å². The Morgan fingerprint density at radius 1 is 1.09 bits per heavy atom. The number of hydrogen-bond acceptors (Lipinski definition) is 7. The number of benzene rings is 2. The Morgan fingerprint density at radius 3 is 2.57 bits per heavy atom. The number of halogens is 2. The monoisotopic (exact) mass is 632 g/mol. The fraction of sp³-hybridized carbons (Fsp3) is 0.233. The summed E-state index contributed by atoms with van der Waals surface area (Å²) in [5.74, 6) is -0.886. The van der Waals surface area contributed by atoms with Crippen molar-refractivity contribution < 1.29 is 14.7 Å². The summed E-state index contributed by atoms with van der Waals surface area (Å²) in [6.07, 6.45) is 2.61. The molecule has 0 saturated heterocycles. The van der Waals surface area contributed by atoms with Crippen LogP contribution in [0.3, 0.4) is 0 Å². The molecule has 3 aromatic heterocycles. The number of fused-ring (bicyclic) bond motifs is 1. The number of amides is 1. The van der Waals surface area contributed by atoms with E-state index in [-0.39, 0.29) is 23.2 Å². The lowest BCUT2D eigenvalue weighted by molar-refractivity contribution is -0.148. The lowest BCUT2D eigenvalue weighted by Crippen LogP contribution is -2.29. The molecule has 14 heteroatoms. The molecule has 1 aliphatic heterocycles. The molecule has 4 heterocycles. The molecule has 0 radical (unpaired) electrons. The molecule has 6 rings (SSSR count). The third-order valence-electron chi connectivity index (χ3n) is 7.63. The van der Waals surface area contributed by atoms with Crippen LogP contribution in [0.1, 0.15) is 44.2 Å². The second kappa shape index (κ2) is 11.4. The van der Waals surface area contributed by atoms with Crippen molar-refractivity contribution in [3.63, 3.8) is 0 Å². The van der Waals surface area contributed by atoms with Gasteiger partial charge in [0, 0.05) is 40.0 Å². The van der Waals surface area contributed by atoms with E-state index >= 15 is 0 Å². The van der Waals surface area contributed by atoms with Gasteiger partial charge >= 0.3 is 5.97 Å². The van der Waals surface area contributed by atoms with Gasteiger partial charge in [-0.2, -0.15) is 4.68 Å². The molecule has 3 N–H and O–H groups in total. The summed E-state index contributed by atoms with van der Waals surface area (Å²) in [5.41, 5.74) is 3.42. The van der Waals surface area contributed by atoms with Gasteiger partial charge < -0.3 is 20.0 Å². The molecule has 0 bridgehead atoms. The minimum atomic E-state index is -1.18. The Morgan fingerprint density at radius 2 is 1.86 bits per heavy atom. The maximum Gasteiger partial charge on any atom is 0.309 e. The number of nitrogens with one attached hydrogen (secondary N) is 2. The summed E-state index contributed by atoms with van der Waals surface area (Å²) < 4.78 is 3.24. The number of aromatic amines is 1. The van der Waals surface area contributed by atoms with Crippen molar-refractivity contribution in [2.75, 3.05) is 5.32 Å². The van der Waals surface area contributed by atoms with Crippen LogP contribution in [0.2, 0.25) is 10.2 Å². The van der Waals surface area contributed by atoms with Crippen LogP contribution in [-0.4, -0.2) is 51.7 Å².